The van der Waals surface area contributed by atoms with E-state index in [1.165, 1.54) is 4.90 Å². The molecule has 0 unspecified atom stereocenters. The summed E-state index contributed by atoms with van der Waals surface area (Å²) in [5.41, 5.74) is 3.81. The number of amides is 3. The van der Waals surface area contributed by atoms with E-state index in [1.807, 2.05) is 32.0 Å². The summed E-state index contributed by atoms with van der Waals surface area (Å²) >= 11 is 0. The van der Waals surface area contributed by atoms with Crippen LogP contribution in [0.1, 0.15) is 66.7 Å². The summed E-state index contributed by atoms with van der Waals surface area (Å²) in [6.07, 6.45) is 0. The van der Waals surface area contributed by atoms with Crippen LogP contribution >= 0.6 is 0 Å². The number of Topliss-reactive ketones (excluding diaryl/α,β-unsaturated/α-hetero) is 1. The molecule has 2 aliphatic rings. The molecular formula is C34H43N5O4+2. The molecule has 3 aromatic rings. The minimum Gasteiger partial charge on any atom is -0.325 e. The van der Waals surface area contributed by atoms with Crippen LogP contribution in [0.2, 0.25) is 0 Å². The first-order valence-electron chi connectivity index (χ1n) is 14.9. The van der Waals surface area contributed by atoms with Crippen molar-refractivity contribution in [2.75, 3.05) is 60.9 Å². The maximum Gasteiger partial charge on any atom is 0.261 e. The number of fused-ring (bicyclic) bond motifs is 2. The lowest BCUT2D eigenvalue weighted by molar-refractivity contribution is -0.904. The maximum atomic E-state index is 13.0. The molecule has 226 valence electrons. The molecule has 0 bridgehead atoms. The van der Waals surface area contributed by atoms with Gasteiger partial charge in [-0.25, -0.2) is 4.98 Å². The van der Waals surface area contributed by atoms with Crippen molar-refractivity contribution in [1.29, 1.82) is 0 Å². The van der Waals surface area contributed by atoms with Gasteiger partial charge in [-0.1, -0.05) is 50.2 Å². The van der Waals surface area contributed by atoms with Crippen molar-refractivity contribution in [3.8, 4) is 0 Å². The number of carbonyl (C=O) groups excluding carboxylic acids is 4. The fraction of sp³-hybridized carbons (Fsp3) is 0.382. The van der Waals surface area contributed by atoms with Gasteiger partial charge in [0.05, 0.1) is 89.0 Å². The van der Waals surface area contributed by atoms with Gasteiger partial charge < -0.3 is 13.9 Å². The smallest absolute Gasteiger partial charge is 0.261 e. The monoisotopic (exact) mass is 585 g/mol. The first-order valence-corrected chi connectivity index (χ1v) is 14.9. The predicted octanol–water partition coefficient (Wildman–Crippen LogP) is 3.90. The lowest BCUT2D eigenvalue weighted by atomic mass is 9.98. The van der Waals surface area contributed by atoms with E-state index in [9.17, 15) is 19.2 Å². The van der Waals surface area contributed by atoms with E-state index in [2.05, 4.69) is 28.2 Å². The third-order valence-electron chi connectivity index (χ3n) is 7.91. The van der Waals surface area contributed by atoms with E-state index in [0.717, 1.165) is 11.4 Å². The number of quaternary nitrogens is 2. The number of benzene rings is 2. The Morgan fingerprint density at radius 1 is 0.605 bits per heavy atom. The second kappa shape index (κ2) is 13.0. The summed E-state index contributed by atoms with van der Waals surface area (Å²) < 4.78 is 1.17. The molecule has 0 spiro atoms. The number of pyridine rings is 1. The van der Waals surface area contributed by atoms with Gasteiger partial charge in [0.2, 0.25) is 0 Å². The highest BCUT2D eigenvalue weighted by Crippen LogP contribution is 2.23. The number of rotatable bonds is 10. The van der Waals surface area contributed by atoms with Gasteiger partial charge in [0.25, 0.3) is 17.7 Å². The molecular weight excluding hydrogens is 542 g/mol. The number of likely N-dealkylation sites (N-methyl/N-ethyl adjacent to an activating group) is 2. The second-order valence-electron chi connectivity index (χ2n) is 12.3. The van der Waals surface area contributed by atoms with E-state index in [-0.39, 0.29) is 30.0 Å². The van der Waals surface area contributed by atoms with Gasteiger partial charge in [0.1, 0.15) is 13.1 Å². The predicted molar refractivity (Wildman–Crippen MR) is 165 cm³/mol. The Balaban J connectivity index is 0.00000207. The SMILES string of the molecule is CC.C[N+](C)(CCN1CC(=O)c2ccccc2C1=O)Cc1cccc(C[N+](C)(C)CCN2C(=O)c3ccccc3C2=O)n1. The number of hydrogen-bond acceptors (Lipinski definition) is 5. The molecule has 0 N–H and O–H groups in total. The first-order chi connectivity index (χ1) is 20.4. The van der Waals surface area contributed by atoms with Crippen molar-refractivity contribution in [3.05, 3.63) is 100 Å². The Morgan fingerprint density at radius 3 is 1.56 bits per heavy atom. The number of hydrogen-bond donors (Lipinski definition) is 0. The van der Waals surface area contributed by atoms with Crippen LogP contribution in [-0.4, -0.2) is 108 Å². The van der Waals surface area contributed by atoms with E-state index in [1.54, 1.807) is 53.4 Å². The largest absolute Gasteiger partial charge is 0.325 e. The maximum absolute atomic E-state index is 13.0. The fourth-order valence-electron chi connectivity index (χ4n) is 5.54. The number of nitrogens with zero attached hydrogens (tertiary/aromatic N) is 5. The van der Waals surface area contributed by atoms with Gasteiger partial charge in [-0.2, -0.15) is 0 Å². The Hall–Kier alpha value is -4.21. The number of carbonyl (C=O) groups is 4. The fourth-order valence-corrected chi connectivity index (χ4v) is 5.54. The molecule has 0 radical (unpaired) electrons. The van der Waals surface area contributed by atoms with Crippen LogP contribution in [0.15, 0.2) is 66.7 Å². The highest BCUT2D eigenvalue weighted by Gasteiger charge is 2.36. The van der Waals surface area contributed by atoms with E-state index < -0.39 is 0 Å². The van der Waals surface area contributed by atoms with Crippen LogP contribution in [0.5, 0.6) is 0 Å². The van der Waals surface area contributed by atoms with Gasteiger partial charge in [0.15, 0.2) is 5.78 Å². The molecule has 3 amide bonds. The van der Waals surface area contributed by atoms with Gasteiger partial charge in [-0.05, 0) is 30.3 Å². The van der Waals surface area contributed by atoms with E-state index in [4.69, 9.17) is 4.98 Å². The van der Waals surface area contributed by atoms with Gasteiger partial charge in [-0.3, -0.25) is 24.1 Å². The van der Waals surface area contributed by atoms with Crippen LogP contribution in [0.3, 0.4) is 0 Å². The molecule has 0 saturated heterocycles. The molecule has 1 aromatic heterocycles. The van der Waals surface area contributed by atoms with E-state index >= 15 is 0 Å². The molecule has 0 saturated carbocycles. The zero-order valence-corrected chi connectivity index (χ0v) is 26.2. The Kier molecular flexibility index (Phi) is 9.57. The highest BCUT2D eigenvalue weighted by atomic mass is 16.2. The summed E-state index contributed by atoms with van der Waals surface area (Å²) in [6, 6.07) is 20.0. The van der Waals surface area contributed by atoms with Crippen molar-refractivity contribution < 1.29 is 28.1 Å². The van der Waals surface area contributed by atoms with Crippen molar-refractivity contribution >= 4 is 23.5 Å². The molecule has 43 heavy (non-hydrogen) atoms. The topological polar surface area (TPSA) is 87.7 Å². The molecule has 0 fully saturated rings. The van der Waals surface area contributed by atoms with Crippen LogP contribution in [-0.2, 0) is 13.1 Å². The quantitative estimate of drug-likeness (QED) is 0.266. The third kappa shape index (κ3) is 7.24. The zero-order chi connectivity index (χ0) is 31.4. The van der Waals surface area contributed by atoms with E-state index in [0.29, 0.717) is 70.5 Å². The van der Waals surface area contributed by atoms with Gasteiger partial charge >= 0.3 is 0 Å². The van der Waals surface area contributed by atoms with Gasteiger partial charge in [-0.15, -0.1) is 0 Å². The molecule has 9 heteroatoms. The normalized spacial score (nSPS) is 14.8. The van der Waals surface area contributed by atoms with Crippen molar-refractivity contribution in [2.45, 2.75) is 26.9 Å². The van der Waals surface area contributed by atoms with Crippen LogP contribution in [0, 0.1) is 0 Å². The first kappa shape index (κ1) is 31.7. The number of aromatic nitrogens is 1. The Bertz CT molecular complexity index is 1500. The highest BCUT2D eigenvalue weighted by molar-refractivity contribution is 6.21. The van der Waals surface area contributed by atoms with Crippen LogP contribution < -0.4 is 0 Å². The lowest BCUT2D eigenvalue weighted by Gasteiger charge is -2.34. The Morgan fingerprint density at radius 2 is 1.05 bits per heavy atom. The molecule has 0 atom stereocenters. The third-order valence-corrected chi connectivity index (χ3v) is 7.91. The number of ketones is 1. The molecule has 3 heterocycles. The molecule has 2 aliphatic heterocycles. The van der Waals surface area contributed by atoms with Gasteiger partial charge in [0, 0.05) is 5.56 Å². The average Bonchev–Trinajstić information content (AvgIpc) is 3.23. The van der Waals surface area contributed by atoms with Crippen molar-refractivity contribution in [1.82, 2.24) is 14.8 Å². The summed E-state index contributed by atoms with van der Waals surface area (Å²) in [6.45, 7) is 7.52. The minimum absolute atomic E-state index is 0.0244. The molecule has 5 rings (SSSR count). The zero-order valence-electron chi connectivity index (χ0n) is 26.2. The minimum atomic E-state index is -0.231. The summed E-state index contributed by atoms with van der Waals surface area (Å²) in [5, 5.41) is 0. The van der Waals surface area contributed by atoms with Crippen LogP contribution in [0.25, 0.3) is 0 Å². The summed E-state index contributed by atoms with van der Waals surface area (Å²) in [7, 11) is 8.34. The lowest BCUT2D eigenvalue weighted by Crippen LogP contribution is -2.49. The summed E-state index contributed by atoms with van der Waals surface area (Å²) in [5.74, 6) is -0.582. The van der Waals surface area contributed by atoms with Crippen molar-refractivity contribution in [3.63, 3.8) is 0 Å². The van der Waals surface area contributed by atoms with Crippen molar-refractivity contribution in [2.24, 2.45) is 0 Å². The molecule has 9 nitrogen and oxygen atoms in total. The number of imide groups is 1. The summed E-state index contributed by atoms with van der Waals surface area (Å²) in [4.78, 5) is 58.9. The second-order valence-corrected chi connectivity index (χ2v) is 12.3. The molecule has 2 aromatic carbocycles. The molecule has 0 aliphatic carbocycles. The standard InChI is InChI=1S/C32H37N5O4.C2H6/c1-36(2,18-16-34-20-29(38)25-12-5-6-13-26(25)30(34)39)21-23-10-9-11-24(33-23)22-37(3,4)19-17-35-31(40)27-14-7-8-15-28(27)32(35)41;1-2/h5-15H,16-22H2,1-4H3;1-2H3/q+2;. The Labute approximate surface area is 254 Å². The average molecular weight is 586 g/mol. The van der Waals surface area contributed by atoms with Crippen LogP contribution in [0.4, 0.5) is 0 Å².